The Kier molecular flexibility index (Phi) is 7.16. The maximum absolute atomic E-state index is 13.5. The zero-order chi connectivity index (χ0) is 24.3. The van der Waals surface area contributed by atoms with Gasteiger partial charge in [-0.1, -0.05) is 24.3 Å². The van der Waals surface area contributed by atoms with Crippen molar-refractivity contribution >= 4 is 10.0 Å². The predicted molar refractivity (Wildman–Crippen MR) is 125 cm³/mol. The van der Waals surface area contributed by atoms with Crippen LogP contribution >= 0.6 is 0 Å². The van der Waals surface area contributed by atoms with Crippen molar-refractivity contribution in [2.75, 3.05) is 40.4 Å². The zero-order valence-electron chi connectivity index (χ0n) is 18.9. The minimum atomic E-state index is -3.74. The van der Waals surface area contributed by atoms with Gasteiger partial charge in [-0.3, -0.25) is 4.90 Å². The van der Waals surface area contributed by atoms with Crippen molar-refractivity contribution in [1.82, 2.24) is 9.21 Å². The fourth-order valence-corrected chi connectivity index (χ4v) is 5.67. The molecule has 3 aromatic rings. The molecule has 1 aliphatic heterocycles. The highest BCUT2D eigenvalue weighted by Crippen LogP contribution is 2.33. The van der Waals surface area contributed by atoms with Gasteiger partial charge in [-0.2, -0.15) is 4.31 Å². The van der Waals surface area contributed by atoms with Gasteiger partial charge in [0.1, 0.15) is 11.6 Å². The molecule has 0 aromatic heterocycles. The molecular weight excluding hydrogens is 462 g/mol. The maximum atomic E-state index is 13.5. The third kappa shape index (κ3) is 4.91. The van der Waals surface area contributed by atoms with Gasteiger partial charge in [-0.15, -0.1) is 0 Å². The highest BCUT2D eigenvalue weighted by molar-refractivity contribution is 7.89. The Morgan fingerprint density at radius 2 is 1.24 bits per heavy atom. The van der Waals surface area contributed by atoms with Crippen molar-refractivity contribution in [3.8, 4) is 11.5 Å². The van der Waals surface area contributed by atoms with Gasteiger partial charge in [-0.25, -0.2) is 17.2 Å². The molecule has 9 heteroatoms. The molecule has 0 atom stereocenters. The van der Waals surface area contributed by atoms with Crippen LogP contribution in [0.15, 0.2) is 71.6 Å². The van der Waals surface area contributed by atoms with Gasteiger partial charge in [-0.05, 0) is 47.5 Å². The Morgan fingerprint density at radius 3 is 1.71 bits per heavy atom. The van der Waals surface area contributed by atoms with E-state index < -0.39 is 10.0 Å². The summed E-state index contributed by atoms with van der Waals surface area (Å²) in [5, 5.41) is 0. The molecule has 1 heterocycles. The van der Waals surface area contributed by atoms with Crippen molar-refractivity contribution in [2.45, 2.75) is 10.9 Å². The molecule has 4 rings (SSSR count). The number of ether oxygens (including phenoxy) is 2. The van der Waals surface area contributed by atoms with Crippen LogP contribution in [-0.4, -0.2) is 58.0 Å². The summed E-state index contributed by atoms with van der Waals surface area (Å²) in [5.74, 6) is 0.113. The Balaban J connectivity index is 1.56. The molecule has 0 spiro atoms. The summed E-state index contributed by atoms with van der Waals surface area (Å²) in [4.78, 5) is 2.26. The number of piperazine rings is 1. The fraction of sp³-hybridized carbons (Fsp3) is 0.280. The van der Waals surface area contributed by atoms with Crippen molar-refractivity contribution in [2.24, 2.45) is 0 Å². The average molecular weight is 489 g/mol. The largest absolute Gasteiger partial charge is 0.493 e. The third-order valence-electron chi connectivity index (χ3n) is 6.00. The lowest BCUT2D eigenvalue weighted by Crippen LogP contribution is -2.49. The Bertz CT molecular complexity index is 1180. The quantitative estimate of drug-likeness (QED) is 0.502. The van der Waals surface area contributed by atoms with Crippen LogP contribution in [0.3, 0.4) is 0 Å². The van der Waals surface area contributed by atoms with Crippen LogP contribution in [0.25, 0.3) is 0 Å². The molecule has 1 fully saturated rings. The summed E-state index contributed by atoms with van der Waals surface area (Å²) >= 11 is 0. The molecule has 0 N–H and O–H groups in total. The van der Waals surface area contributed by atoms with Gasteiger partial charge in [0.05, 0.1) is 25.2 Å². The first kappa shape index (κ1) is 24.1. The number of hydrogen-bond acceptors (Lipinski definition) is 5. The zero-order valence-corrected chi connectivity index (χ0v) is 19.8. The lowest BCUT2D eigenvalue weighted by Gasteiger charge is -2.39. The SMILES string of the molecule is COc1ccc(S(=O)(=O)N2CCN(C(c3ccc(F)cc3)c3ccc(F)cc3)CC2)cc1OC. The molecular formula is C25H26F2N2O4S. The molecule has 1 saturated heterocycles. The summed E-state index contributed by atoms with van der Waals surface area (Å²) in [6, 6.07) is 16.7. The molecule has 0 radical (unpaired) electrons. The Labute approximate surface area is 198 Å². The van der Waals surface area contributed by atoms with Gasteiger partial charge in [0, 0.05) is 32.2 Å². The first-order chi connectivity index (χ1) is 16.3. The minimum absolute atomic E-state index is 0.132. The summed E-state index contributed by atoms with van der Waals surface area (Å²) < 4.78 is 65.5. The monoisotopic (exact) mass is 488 g/mol. The van der Waals surface area contributed by atoms with Crippen LogP contribution < -0.4 is 9.47 Å². The van der Waals surface area contributed by atoms with E-state index >= 15 is 0 Å². The molecule has 6 nitrogen and oxygen atoms in total. The predicted octanol–water partition coefficient (Wildman–Crippen LogP) is 4.08. The standard InChI is InChI=1S/C25H26F2N2O4S/c1-32-23-12-11-22(17-24(23)33-2)34(30,31)29-15-13-28(14-16-29)25(18-3-7-20(26)8-4-18)19-5-9-21(27)10-6-19/h3-12,17,25H,13-16H2,1-2H3. The van der Waals surface area contributed by atoms with E-state index in [0.29, 0.717) is 24.6 Å². The Morgan fingerprint density at radius 1 is 0.735 bits per heavy atom. The molecule has 34 heavy (non-hydrogen) atoms. The first-order valence-electron chi connectivity index (χ1n) is 10.8. The van der Waals surface area contributed by atoms with E-state index in [1.54, 1.807) is 30.3 Å². The topological polar surface area (TPSA) is 59.1 Å². The van der Waals surface area contributed by atoms with Gasteiger partial charge in [0.25, 0.3) is 0 Å². The van der Waals surface area contributed by atoms with Crippen LogP contribution in [0.4, 0.5) is 8.78 Å². The highest BCUT2D eigenvalue weighted by atomic mass is 32.2. The van der Waals surface area contributed by atoms with E-state index in [1.165, 1.54) is 54.9 Å². The molecule has 0 amide bonds. The molecule has 0 unspecified atom stereocenters. The number of nitrogens with zero attached hydrogens (tertiary/aromatic N) is 2. The van der Waals surface area contributed by atoms with Gasteiger partial charge in [0.2, 0.25) is 10.0 Å². The summed E-state index contributed by atoms with van der Waals surface area (Å²) in [6.07, 6.45) is 0. The lowest BCUT2D eigenvalue weighted by molar-refractivity contribution is 0.155. The van der Waals surface area contributed by atoms with Crippen molar-refractivity contribution in [1.29, 1.82) is 0 Å². The number of methoxy groups -OCH3 is 2. The number of benzene rings is 3. The van der Waals surface area contributed by atoms with Crippen LogP contribution in [-0.2, 0) is 10.0 Å². The highest BCUT2D eigenvalue weighted by Gasteiger charge is 2.32. The normalized spacial score (nSPS) is 15.4. The van der Waals surface area contributed by atoms with Crippen LogP contribution in [0, 0.1) is 11.6 Å². The molecule has 180 valence electrons. The van der Waals surface area contributed by atoms with Crippen LogP contribution in [0.1, 0.15) is 17.2 Å². The molecule has 1 aliphatic rings. The van der Waals surface area contributed by atoms with Crippen LogP contribution in [0.2, 0.25) is 0 Å². The van der Waals surface area contributed by atoms with E-state index in [1.807, 2.05) is 0 Å². The molecule has 0 saturated carbocycles. The summed E-state index contributed by atoms with van der Waals surface area (Å²) in [7, 11) is -0.791. The summed E-state index contributed by atoms with van der Waals surface area (Å²) in [5.41, 5.74) is 1.70. The van der Waals surface area contributed by atoms with Crippen molar-refractivity contribution in [3.63, 3.8) is 0 Å². The van der Waals surface area contributed by atoms with Crippen molar-refractivity contribution in [3.05, 3.63) is 89.5 Å². The minimum Gasteiger partial charge on any atom is -0.493 e. The molecule has 0 bridgehead atoms. The maximum Gasteiger partial charge on any atom is 0.243 e. The summed E-state index contributed by atoms with van der Waals surface area (Å²) in [6.45, 7) is 1.45. The Hall–Kier alpha value is -3.01. The number of rotatable bonds is 7. The smallest absolute Gasteiger partial charge is 0.243 e. The second kappa shape index (κ2) is 10.1. The average Bonchev–Trinajstić information content (AvgIpc) is 2.86. The first-order valence-corrected chi connectivity index (χ1v) is 12.2. The number of hydrogen-bond donors (Lipinski definition) is 0. The number of halogens is 2. The second-order valence-electron chi connectivity index (χ2n) is 7.96. The lowest BCUT2D eigenvalue weighted by atomic mass is 9.96. The van der Waals surface area contributed by atoms with Gasteiger partial charge in [0.15, 0.2) is 11.5 Å². The second-order valence-corrected chi connectivity index (χ2v) is 9.90. The third-order valence-corrected chi connectivity index (χ3v) is 7.90. The van der Waals surface area contributed by atoms with Crippen LogP contribution in [0.5, 0.6) is 11.5 Å². The van der Waals surface area contributed by atoms with Gasteiger partial charge < -0.3 is 9.47 Å². The van der Waals surface area contributed by atoms with E-state index in [4.69, 9.17) is 9.47 Å². The number of sulfonamides is 1. The van der Waals surface area contributed by atoms with E-state index in [9.17, 15) is 17.2 Å². The van der Waals surface area contributed by atoms with E-state index in [0.717, 1.165) is 11.1 Å². The van der Waals surface area contributed by atoms with Gasteiger partial charge >= 0.3 is 0 Å². The molecule has 0 aliphatic carbocycles. The fourth-order valence-electron chi connectivity index (χ4n) is 4.23. The van der Waals surface area contributed by atoms with Crippen molar-refractivity contribution < 1.29 is 26.7 Å². The van der Waals surface area contributed by atoms with E-state index in [2.05, 4.69) is 4.90 Å². The molecule has 3 aromatic carbocycles. The van der Waals surface area contributed by atoms with E-state index in [-0.39, 0.29) is 35.7 Å².